The summed E-state index contributed by atoms with van der Waals surface area (Å²) in [6.45, 7) is 2.49. The van der Waals surface area contributed by atoms with Gasteiger partial charge in [0.15, 0.2) is 0 Å². The first kappa shape index (κ1) is 30.3. The number of halogens is 5. The predicted octanol–water partition coefficient (Wildman–Crippen LogP) is 5.14. The van der Waals surface area contributed by atoms with Crippen molar-refractivity contribution in [3.63, 3.8) is 0 Å². The fourth-order valence-electron chi connectivity index (χ4n) is 5.06. The Balaban J connectivity index is 1.41. The van der Waals surface area contributed by atoms with Crippen molar-refractivity contribution < 1.29 is 36.3 Å². The average molecular weight is 601 g/mol. The van der Waals surface area contributed by atoms with E-state index in [1.165, 1.54) is 34.2 Å². The zero-order valence-electron chi connectivity index (χ0n) is 23.1. The lowest BCUT2D eigenvalue weighted by molar-refractivity contribution is -0.137. The molecule has 3 aromatic carbocycles. The van der Waals surface area contributed by atoms with Crippen LogP contribution in [0, 0.1) is 11.6 Å². The predicted molar refractivity (Wildman–Crippen MR) is 148 cm³/mol. The summed E-state index contributed by atoms with van der Waals surface area (Å²) in [5.41, 5.74) is 0.853. The van der Waals surface area contributed by atoms with Crippen molar-refractivity contribution >= 4 is 17.5 Å². The van der Waals surface area contributed by atoms with Gasteiger partial charge in [0.1, 0.15) is 18.2 Å². The lowest BCUT2D eigenvalue weighted by atomic mass is 9.98. The quantitative estimate of drug-likeness (QED) is 0.336. The van der Waals surface area contributed by atoms with E-state index < -0.39 is 47.8 Å². The van der Waals surface area contributed by atoms with Crippen LogP contribution < -0.4 is 0 Å². The Morgan fingerprint density at radius 2 is 1.49 bits per heavy atom. The van der Waals surface area contributed by atoms with Gasteiger partial charge in [-0.25, -0.2) is 13.8 Å². The Hall–Kier alpha value is -4.16. The SMILES string of the molecule is O=C(c1ccc(C(F)(F)F)cc1)N(CCN1CCOCC1)CC(=O)N1N=C(c2ccc(F)cc2)CC1c1ccc(F)cc1. The number of alkyl halides is 3. The molecular formula is C31H29F5N4O3. The van der Waals surface area contributed by atoms with E-state index in [1.807, 2.05) is 0 Å². The normalized spacial score (nSPS) is 17.6. The molecule has 2 aliphatic heterocycles. The van der Waals surface area contributed by atoms with Crippen LogP contribution in [0.4, 0.5) is 22.0 Å². The summed E-state index contributed by atoms with van der Waals surface area (Å²) < 4.78 is 72.0. The Morgan fingerprint density at radius 3 is 2.09 bits per heavy atom. The molecule has 0 aromatic heterocycles. The standard InChI is InChI=1S/C31H29F5N4O3/c32-25-9-3-21(4-10-25)27-19-28(22-5-11-26(33)12-6-22)40(37-27)29(41)20-39(14-13-38-15-17-43-18-16-38)30(42)23-1-7-24(8-2-23)31(34,35)36/h1-12,28H,13-20H2. The van der Waals surface area contributed by atoms with E-state index in [4.69, 9.17) is 4.74 Å². The Morgan fingerprint density at radius 1 is 0.884 bits per heavy atom. The highest BCUT2D eigenvalue weighted by Gasteiger charge is 2.35. The molecule has 1 fully saturated rings. The van der Waals surface area contributed by atoms with E-state index in [9.17, 15) is 31.5 Å². The molecule has 5 rings (SSSR count). The van der Waals surface area contributed by atoms with Gasteiger partial charge in [-0.05, 0) is 59.7 Å². The molecule has 0 radical (unpaired) electrons. The molecule has 43 heavy (non-hydrogen) atoms. The molecule has 1 unspecified atom stereocenters. The third-order valence-electron chi connectivity index (χ3n) is 7.46. The van der Waals surface area contributed by atoms with Crippen LogP contribution in [0.1, 0.15) is 39.5 Å². The van der Waals surface area contributed by atoms with Gasteiger partial charge in [0.2, 0.25) is 0 Å². The highest BCUT2D eigenvalue weighted by Crippen LogP contribution is 2.33. The smallest absolute Gasteiger partial charge is 0.379 e. The molecule has 0 spiro atoms. The van der Waals surface area contributed by atoms with Crippen molar-refractivity contribution in [1.29, 1.82) is 0 Å². The molecular weight excluding hydrogens is 571 g/mol. The fraction of sp³-hybridized carbons (Fsp3) is 0.323. The van der Waals surface area contributed by atoms with Crippen LogP contribution in [-0.4, -0.2) is 78.3 Å². The molecule has 12 heteroatoms. The van der Waals surface area contributed by atoms with Gasteiger partial charge >= 0.3 is 6.18 Å². The highest BCUT2D eigenvalue weighted by molar-refractivity contribution is 6.03. The minimum Gasteiger partial charge on any atom is -0.379 e. The van der Waals surface area contributed by atoms with Crippen LogP contribution in [-0.2, 0) is 15.7 Å². The topological polar surface area (TPSA) is 65.5 Å². The average Bonchev–Trinajstić information content (AvgIpc) is 3.45. The molecule has 0 bridgehead atoms. The third kappa shape index (κ3) is 7.44. The fourth-order valence-corrected chi connectivity index (χ4v) is 5.06. The number of carbonyl (C=O) groups excluding carboxylic acids is 2. The molecule has 0 saturated carbocycles. The summed E-state index contributed by atoms with van der Waals surface area (Å²) in [6, 6.07) is 14.6. The van der Waals surface area contributed by atoms with Crippen molar-refractivity contribution in [3.05, 3.63) is 107 Å². The van der Waals surface area contributed by atoms with E-state index in [1.54, 1.807) is 24.3 Å². The second kappa shape index (κ2) is 13.0. The summed E-state index contributed by atoms with van der Waals surface area (Å²) in [5, 5.41) is 5.78. The maximum atomic E-state index is 13.8. The second-order valence-electron chi connectivity index (χ2n) is 10.3. The van der Waals surface area contributed by atoms with Crippen LogP contribution in [0.25, 0.3) is 0 Å². The Bertz CT molecular complexity index is 1450. The van der Waals surface area contributed by atoms with E-state index in [2.05, 4.69) is 10.0 Å². The number of amides is 2. The number of hydrazone groups is 1. The number of nitrogens with zero attached hydrogens (tertiary/aromatic N) is 4. The number of hydrogen-bond donors (Lipinski definition) is 0. The number of benzene rings is 3. The molecule has 2 amide bonds. The Kier molecular flexibility index (Phi) is 9.16. The first-order chi connectivity index (χ1) is 20.6. The molecule has 7 nitrogen and oxygen atoms in total. The summed E-state index contributed by atoms with van der Waals surface area (Å²) >= 11 is 0. The lowest BCUT2D eigenvalue weighted by Gasteiger charge is -2.31. The third-order valence-corrected chi connectivity index (χ3v) is 7.46. The Labute approximate surface area is 245 Å². The van der Waals surface area contributed by atoms with E-state index >= 15 is 0 Å². The first-order valence-electron chi connectivity index (χ1n) is 13.8. The molecule has 1 saturated heterocycles. The van der Waals surface area contributed by atoms with E-state index in [0.29, 0.717) is 49.7 Å². The second-order valence-corrected chi connectivity index (χ2v) is 10.3. The van der Waals surface area contributed by atoms with Gasteiger partial charge in [0.05, 0.1) is 30.5 Å². The van der Waals surface area contributed by atoms with Gasteiger partial charge in [-0.2, -0.15) is 18.3 Å². The van der Waals surface area contributed by atoms with Gasteiger partial charge in [0, 0.05) is 38.2 Å². The molecule has 0 N–H and O–H groups in total. The number of hydrogen-bond acceptors (Lipinski definition) is 5. The zero-order valence-corrected chi connectivity index (χ0v) is 23.1. The number of morpholine rings is 1. The van der Waals surface area contributed by atoms with Crippen molar-refractivity contribution in [2.24, 2.45) is 5.10 Å². The van der Waals surface area contributed by atoms with Gasteiger partial charge < -0.3 is 9.64 Å². The van der Waals surface area contributed by atoms with Crippen LogP contribution in [0.5, 0.6) is 0 Å². The molecule has 0 aliphatic carbocycles. The van der Waals surface area contributed by atoms with Crippen molar-refractivity contribution in [2.75, 3.05) is 45.9 Å². The molecule has 2 heterocycles. The molecule has 1 atom stereocenters. The molecule has 2 aliphatic rings. The minimum absolute atomic E-state index is 0.00906. The number of ether oxygens (including phenoxy) is 1. The van der Waals surface area contributed by atoms with Crippen LogP contribution in [0.2, 0.25) is 0 Å². The van der Waals surface area contributed by atoms with Crippen molar-refractivity contribution in [2.45, 2.75) is 18.6 Å². The molecule has 226 valence electrons. The van der Waals surface area contributed by atoms with E-state index in [0.717, 1.165) is 24.3 Å². The van der Waals surface area contributed by atoms with Crippen LogP contribution >= 0.6 is 0 Å². The maximum absolute atomic E-state index is 13.8. The van der Waals surface area contributed by atoms with Crippen LogP contribution in [0.3, 0.4) is 0 Å². The summed E-state index contributed by atoms with van der Waals surface area (Å²) in [7, 11) is 0. The lowest BCUT2D eigenvalue weighted by Crippen LogP contribution is -2.46. The van der Waals surface area contributed by atoms with Gasteiger partial charge in [-0.15, -0.1) is 0 Å². The van der Waals surface area contributed by atoms with Crippen molar-refractivity contribution in [1.82, 2.24) is 14.8 Å². The largest absolute Gasteiger partial charge is 0.416 e. The van der Waals surface area contributed by atoms with Crippen molar-refractivity contribution in [3.8, 4) is 0 Å². The molecule has 3 aromatic rings. The minimum atomic E-state index is -4.56. The summed E-state index contributed by atoms with van der Waals surface area (Å²) in [4.78, 5) is 30.7. The summed E-state index contributed by atoms with van der Waals surface area (Å²) in [6.07, 6.45) is -4.29. The first-order valence-corrected chi connectivity index (χ1v) is 13.8. The highest BCUT2D eigenvalue weighted by atomic mass is 19.4. The van der Waals surface area contributed by atoms with Gasteiger partial charge in [0.25, 0.3) is 11.8 Å². The maximum Gasteiger partial charge on any atom is 0.416 e. The summed E-state index contributed by atoms with van der Waals surface area (Å²) in [5.74, 6) is -2.01. The van der Waals surface area contributed by atoms with Crippen LogP contribution in [0.15, 0.2) is 77.9 Å². The number of carbonyl (C=O) groups is 2. The monoisotopic (exact) mass is 600 g/mol. The van der Waals surface area contributed by atoms with Gasteiger partial charge in [-0.3, -0.25) is 14.5 Å². The number of rotatable bonds is 8. The van der Waals surface area contributed by atoms with E-state index in [-0.39, 0.29) is 18.5 Å². The van der Waals surface area contributed by atoms with Gasteiger partial charge in [-0.1, -0.05) is 24.3 Å². The zero-order chi connectivity index (χ0) is 30.6.